The van der Waals surface area contributed by atoms with E-state index in [1.165, 1.54) is 26.2 Å². The van der Waals surface area contributed by atoms with Gasteiger partial charge in [0.05, 0.1) is 10.8 Å². The number of benzene rings is 3. The first kappa shape index (κ1) is 22.6. The minimum atomic E-state index is -3.51. The second-order valence-electron chi connectivity index (χ2n) is 7.01. The van der Waals surface area contributed by atoms with Crippen molar-refractivity contribution in [3.05, 3.63) is 96.1 Å². The number of carbonyl (C=O) groups is 1. The molecular formula is C23H23N3O3S2. The van der Waals surface area contributed by atoms with Crippen LogP contribution >= 0.6 is 12.2 Å². The summed E-state index contributed by atoms with van der Waals surface area (Å²) in [5.74, 6) is -0.781. The third kappa shape index (κ3) is 5.55. The van der Waals surface area contributed by atoms with Gasteiger partial charge in [0.25, 0.3) is 0 Å². The average Bonchev–Trinajstić information content (AvgIpc) is 2.75. The van der Waals surface area contributed by atoms with E-state index in [9.17, 15) is 13.2 Å². The minimum absolute atomic E-state index is 0.130. The maximum atomic E-state index is 13.1. The van der Waals surface area contributed by atoms with Gasteiger partial charge in [-0.25, -0.2) is 12.7 Å². The van der Waals surface area contributed by atoms with Crippen molar-refractivity contribution < 1.29 is 13.2 Å². The van der Waals surface area contributed by atoms with Crippen LogP contribution in [0.1, 0.15) is 17.0 Å². The molecule has 0 atom stereocenters. The van der Waals surface area contributed by atoms with Crippen LogP contribution in [0.3, 0.4) is 0 Å². The molecule has 1 amide bonds. The molecule has 3 rings (SSSR count). The fourth-order valence-electron chi connectivity index (χ4n) is 3.05. The van der Waals surface area contributed by atoms with Crippen molar-refractivity contribution in [1.29, 1.82) is 0 Å². The number of amides is 1. The summed E-state index contributed by atoms with van der Waals surface area (Å²) in [5.41, 5.74) is 2.28. The topological polar surface area (TPSA) is 78.5 Å². The summed E-state index contributed by atoms with van der Waals surface area (Å²) in [4.78, 5) is 13.3. The lowest BCUT2D eigenvalue weighted by Gasteiger charge is -2.19. The lowest BCUT2D eigenvalue weighted by atomic mass is 9.90. The van der Waals surface area contributed by atoms with Crippen LogP contribution in [0.5, 0.6) is 0 Å². The van der Waals surface area contributed by atoms with E-state index in [-0.39, 0.29) is 15.9 Å². The van der Waals surface area contributed by atoms with Gasteiger partial charge in [-0.15, -0.1) is 0 Å². The number of nitrogens with one attached hydrogen (secondary N) is 2. The van der Waals surface area contributed by atoms with Crippen molar-refractivity contribution in [2.75, 3.05) is 19.4 Å². The SMILES string of the molecule is CN(C)S(=O)(=O)c1ccc(NC(=S)NC(=O)C(c2ccccc2)c2ccccc2)cc1. The van der Waals surface area contributed by atoms with Gasteiger partial charge in [0.15, 0.2) is 5.11 Å². The third-order valence-electron chi connectivity index (χ3n) is 4.66. The van der Waals surface area contributed by atoms with Crippen LogP contribution in [0.25, 0.3) is 0 Å². The molecule has 0 bridgehead atoms. The highest BCUT2D eigenvalue weighted by atomic mass is 32.2. The highest BCUT2D eigenvalue weighted by molar-refractivity contribution is 7.89. The van der Waals surface area contributed by atoms with Crippen molar-refractivity contribution in [1.82, 2.24) is 9.62 Å². The Labute approximate surface area is 188 Å². The van der Waals surface area contributed by atoms with Crippen molar-refractivity contribution in [2.45, 2.75) is 10.8 Å². The predicted octanol–water partition coefficient (Wildman–Crippen LogP) is 3.58. The van der Waals surface area contributed by atoms with E-state index in [1.807, 2.05) is 60.7 Å². The highest BCUT2D eigenvalue weighted by Crippen LogP contribution is 2.25. The van der Waals surface area contributed by atoms with Gasteiger partial charge in [0.1, 0.15) is 0 Å². The number of anilines is 1. The van der Waals surface area contributed by atoms with Gasteiger partial charge in [0.2, 0.25) is 15.9 Å². The van der Waals surface area contributed by atoms with E-state index in [0.717, 1.165) is 15.4 Å². The summed E-state index contributed by atoms with van der Waals surface area (Å²) in [5, 5.41) is 5.80. The van der Waals surface area contributed by atoms with Crippen LogP contribution in [-0.4, -0.2) is 37.8 Å². The van der Waals surface area contributed by atoms with Crippen LogP contribution in [0.4, 0.5) is 5.69 Å². The molecule has 8 heteroatoms. The third-order valence-corrected chi connectivity index (χ3v) is 6.69. The molecule has 0 saturated heterocycles. The van der Waals surface area contributed by atoms with Crippen molar-refractivity contribution in [3.63, 3.8) is 0 Å². The van der Waals surface area contributed by atoms with Crippen molar-refractivity contribution in [3.8, 4) is 0 Å². The lowest BCUT2D eigenvalue weighted by molar-refractivity contribution is -0.120. The molecule has 0 spiro atoms. The zero-order valence-corrected chi connectivity index (χ0v) is 18.8. The largest absolute Gasteiger partial charge is 0.332 e. The Morgan fingerprint density at radius 1 is 0.839 bits per heavy atom. The summed E-state index contributed by atoms with van der Waals surface area (Å²) in [6.45, 7) is 0. The van der Waals surface area contributed by atoms with Gasteiger partial charge < -0.3 is 10.6 Å². The van der Waals surface area contributed by atoms with Gasteiger partial charge >= 0.3 is 0 Å². The van der Waals surface area contributed by atoms with E-state index in [0.29, 0.717) is 5.69 Å². The maximum absolute atomic E-state index is 13.1. The molecule has 160 valence electrons. The average molecular weight is 454 g/mol. The molecule has 3 aromatic rings. The molecule has 0 aliphatic rings. The molecular weight excluding hydrogens is 430 g/mol. The summed E-state index contributed by atoms with van der Waals surface area (Å²) >= 11 is 5.31. The lowest BCUT2D eigenvalue weighted by Crippen LogP contribution is -2.37. The second-order valence-corrected chi connectivity index (χ2v) is 9.57. The summed E-state index contributed by atoms with van der Waals surface area (Å²) < 4.78 is 25.5. The van der Waals surface area contributed by atoms with Gasteiger partial charge in [-0.3, -0.25) is 4.79 Å². The Morgan fingerprint density at radius 2 is 1.32 bits per heavy atom. The zero-order valence-electron chi connectivity index (χ0n) is 17.1. The quantitative estimate of drug-likeness (QED) is 0.558. The Morgan fingerprint density at radius 3 is 1.77 bits per heavy atom. The van der Waals surface area contributed by atoms with Crippen molar-refractivity contribution >= 4 is 38.9 Å². The van der Waals surface area contributed by atoms with Crippen molar-refractivity contribution in [2.24, 2.45) is 0 Å². The van der Waals surface area contributed by atoms with E-state index in [4.69, 9.17) is 12.2 Å². The summed E-state index contributed by atoms with van der Waals surface area (Å²) in [6, 6.07) is 25.1. The number of nitrogens with zero attached hydrogens (tertiary/aromatic N) is 1. The molecule has 0 unspecified atom stereocenters. The fraction of sp³-hybridized carbons (Fsp3) is 0.130. The molecule has 0 radical (unpaired) electrons. The predicted molar refractivity (Wildman–Crippen MR) is 126 cm³/mol. The van der Waals surface area contributed by atoms with Crippen LogP contribution in [-0.2, 0) is 14.8 Å². The molecule has 0 aliphatic heterocycles. The number of carbonyl (C=O) groups excluding carboxylic acids is 1. The Kier molecular flexibility index (Phi) is 7.17. The van der Waals surface area contributed by atoms with E-state index >= 15 is 0 Å². The Hall–Kier alpha value is -3.07. The first-order valence-corrected chi connectivity index (χ1v) is 11.4. The van der Waals surface area contributed by atoms with E-state index in [2.05, 4.69) is 10.6 Å². The Balaban J connectivity index is 1.73. The van der Waals surface area contributed by atoms with Gasteiger partial charge in [-0.05, 0) is 47.6 Å². The standard InChI is InChI=1S/C23H23N3O3S2/c1-26(2)31(28,29)20-15-13-19(14-16-20)24-23(30)25-22(27)21(17-9-5-3-6-10-17)18-11-7-4-8-12-18/h3-16,21H,1-2H3,(H2,24,25,27,30). The number of rotatable bonds is 6. The number of thiocarbonyl (C=S) groups is 1. The Bertz CT molecular complexity index is 1110. The molecule has 0 heterocycles. The van der Waals surface area contributed by atoms with Crippen LogP contribution in [0, 0.1) is 0 Å². The smallest absolute Gasteiger partial charge is 0.242 e. The van der Waals surface area contributed by atoms with Gasteiger partial charge in [-0.1, -0.05) is 60.7 Å². The van der Waals surface area contributed by atoms with Crippen LogP contribution < -0.4 is 10.6 Å². The number of hydrogen-bond acceptors (Lipinski definition) is 4. The maximum Gasteiger partial charge on any atom is 0.242 e. The molecule has 0 aromatic heterocycles. The molecule has 3 aromatic carbocycles. The zero-order chi connectivity index (χ0) is 22.4. The van der Waals surface area contributed by atoms with Crippen LogP contribution in [0.2, 0.25) is 0 Å². The summed E-state index contributed by atoms with van der Waals surface area (Å²) in [7, 11) is -0.562. The molecule has 0 aliphatic carbocycles. The monoisotopic (exact) mass is 453 g/mol. The molecule has 6 nitrogen and oxygen atoms in total. The minimum Gasteiger partial charge on any atom is -0.332 e. The first-order chi connectivity index (χ1) is 14.8. The summed E-state index contributed by atoms with van der Waals surface area (Å²) in [6.07, 6.45) is 0. The van der Waals surface area contributed by atoms with Gasteiger partial charge in [-0.2, -0.15) is 0 Å². The highest BCUT2D eigenvalue weighted by Gasteiger charge is 2.23. The molecule has 2 N–H and O–H groups in total. The molecule has 31 heavy (non-hydrogen) atoms. The normalized spacial score (nSPS) is 11.4. The fourth-order valence-corrected chi connectivity index (χ4v) is 4.17. The van der Waals surface area contributed by atoms with E-state index in [1.54, 1.807) is 12.1 Å². The molecule has 0 saturated carbocycles. The first-order valence-electron chi connectivity index (χ1n) is 9.53. The van der Waals surface area contributed by atoms with E-state index < -0.39 is 15.9 Å². The van der Waals surface area contributed by atoms with Crippen LogP contribution in [0.15, 0.2) is 89.8 Å². The number of sulfonamides is 1. The number of hydrogen-bond donors (Lipinski definition) is 2. The van der Waals surface area contributed by atoms with Gasteiger partial charge in [0, 0.05) is 19.8 Å². The molecule has 0 fully saturated rings. The second kappa shape index (κ2) is 9.82.